The lowest BCUT2D eigenvalue weighted by atomic mass is 10.6. The zero-order chi connectivity index (χ0) is 10.6. The molecule has 5 nitrogen and oxygen atoms in total. The summed E-state index contributed by atoms with van der Waals surface area (Å²) in [5.74, 6) is 0.223. The smallest absolute Gasteiger partial charge is 0.381 e. The van der Waals surface area contributed by atoms with Crippen LogP contribution in [0.4, 0.5) is 19.0 Å². The number of aromatic nitrogens is 3. The maximum Gasteiger partial charge on any atom is 0.411 e. The fourth-order valence-electron chi connectivity index (χ4n) is 0.753. The molecule has 0 atom stereocenters. The van der Waals surface area contributed by atoms with E-state index in [2.05, 4.69) is 14.9 Å². The van der Waals surface area contributed by atoms with E-state index in [0.717, 1.165) is 0 Å². The largest absolute Gasteiger partial charge is 0.411 e. The Morgan fingerprint density at radius 1 is 1.50 bits per heavy atom. The molecule has 0 aromatic carbocycles. The van der Waals surface area contributed by atoms with Gasteiger partial charge in [0.1, 0.15) is 6.61 Å². The molecule has 0 saturated carbocycles. The van der Waals surface area contributed by atoms with Crippen molar-refractivity contribution in [1.82, 2.24) is 15.0 Å². The van der Waals surface area contributed by atoms with Crippen LogP contribution in [-0.2, 0) is 11.3 Å². The van der Waals surface area contributed by atoms with Crippen LogP contribution in [0.1, 0.15) is 0 Å². The van der Waals surface area contributed by atoms with Gasteiger partial charge in [0.05, 0.1) is 19.3 Å². The van der Waals surface area contributed by atoms with Crippen molar-refractivity contribution in [3.63, 3.8) is 0 Å². The molecule has 8 heteroatoms. The van der Waals surface area contributed by atoms with Crippen LogP contribution in [0.25, 0.3) is 0 Å². The maximum atomic E-state index is 11.6. The Hall–Kier alpha value is -1.31. The number of ether oxygens (including phenoxy) is 1. The minimum atomic E-state index is -4.30. The van der Waals surface area contributed by atoms with Crippen molar-refractivity contribution in [2.24, 2.45) is 0 Å². The number of halogens is 3. The normalized spacial score (nSPS) is 11.9. The lowest BCUT2D eigenvalue weighted by Crippen LogP contribution is -2.19. The average molecular weight is 210 g/mol. The number of alkyl halides is 3. The quantitative estimate of drug-likeness (QED) is 0.732. The van der Waals surface area contributed by atoms with E-state index in [0.29, 0.717) is 0 Å². The molecule has 0 saturated heterocycles. The topological polar surface area (TPSA) is 66.0 Å². The Labute approximate surface area is 77.6 Å². The molecule has 0 radical (unpaired) electrons. The molecule has 0 aliphatic rings. The highest BCUT2D eigenvalue weighted by atomic mass is 19.4. The number of anilines is 1. The highest BCUT2D eigenvalue weighted by Gasteiger charge is 2.27. The van der Waals surface area contributed by atoms with E-state index < -0.39 is 12.8 Å². The van der Waals surface area contributed by atoms with Gasteiger partial charge in [0.25, 0.3) is 0 Å². The third-order valence-corrected chi connectivity index (χ3v) is 1.26. The van der Waals surface area contributed by atoms with Crippen LogP contribution in [0, 0.1) is 0 Å². The molecule has 0 amide bonds. The summed E-state index contributed by atoms with van der Waals surface area (Å²) in [5, 5.41) is 7.34. The molecule has 80 valence electrons. The van der Waals surface area contributed by atoms with Gasteiger partial charge in [-0.2, -0.15) is 23.1 Å². The third kappa shape index (κ3) is 4.08. The second-order valence-corrected chi connectivity index (χ2v) is 2.53. The van der Waals surface area contributed by atoms with Crippen molar-refractivity contribution >= 4 is 5.82 Å². The number of rotatable bonds is 4. The molecule has 0 aliphatic carbocycles. The molecule has 0 aliphatic heterocycles. The number of nitrogens with two attached hydrogens (primary N) is 1. The van der Waals surface area contributed by atoms with Crippen LogP contribution in [0.15, 0.2) is 6.20 Å². The van der Waals surface area contributed by atoms with Crippen LogP contribution < -0.4 is 5.73 Å². The van der Waals surface area contributed by atoms with Gasteiger partial charge in [0, 0.05) is 0 Å². The number of nitrogen functional groups attached to an aromatic ring is 1. The number of hydrogen-bond donors (Lipinski definition) is 1. The molecular weight excluding hydrogens is 201 g/mol. The van der Waals surface area contributed by atoms with Gasteiger partial charge in [0.2, 0.25) is 0 Å². The van der Waals surface area contributed by atoms with E-state index in [-0.39, 0.29) is 19.0 Å². The fourth-order valence-corrected chi connectivity index (χ4v) is 0.753. The van der Waals surface area contributed by atoms with Gasteiger partial charge in [-0.1, -0.05) is 0 Å². The summed E-state index contributed by atoms with van der Waals surface area (Å²) in [4.78, 5) is 1.17. The van der Waals surface area contributed by atoms with Crippen LogP contribution >= 0.6 is 0 Å². The van der Waals surface area contributed by atoms with Crippen LogP contribution in [0.2, 0.25) is 0 Å². The van der Waals surface area contributed by atoms with E-state index in [1.54, 1.807) is 0 Å². The Kier molecular flexibility index (Phi) is 3.28. The minimum Gasteiger partial charge on any atom is -0.381 e. The van der Waals surface area contributed by atoms with Gasteiger partial charge in [0.15, 0.2) is 5.82 Å². The van der Waals surface area contributed by atoms with Crippen LogP contribution in [0.3, 0.4) is 0 Å². The van der Waals surface area contributed by atoms with Gasteiger partial charge in [-0.15, -0.1) is 5.10 Å². The van der Waals surface area contributed by atoms with Gasteiger partial charge in [-0.3, -0.25) is 0 Å². The van der Waals surface area contributed by atoms with E-state index in [1.165, 1.54) is 11.0 Å². The Morgan fingerprint density at radius 2 is 2.21 bits per heavy atom. The average Bonchev–Trinajstić information content (AvgIpc) is 2.44. The fraction of sp³-hybridized carbons (Fsp3) is 0.667. The van der Waals surface area contributed by atoms with Crippen molar-refractivity contribution in [3.8, 4) is 0 Å². The van der Waals surface area contributed by atoms with E-state index >= 15 is 0 Å². The van der Waals surface area contributed by atoms with Crippen LogP contribution in [-0.4, -0.2) is 34.4 Å². The standard InChI is InChI=1S/C6H9F3N4O/c7-6(8,9)4-14-2-1-13-11-3-5(10)12-13/h3H,1-2,4H2,(H2,10,12). The SMILES string of the molecule is Nc1cnn(CCOCC(F)(F)F)n1. The monoisotopic (exact) mass is 210 g/mol. The first-order valence-electron chi connectivity index (χ1n) is 3.77. The van der Waals surface area contributed by atoms with Gasteiger partial charge >= 0.3 is 6.18 Å². The van der Waals surface area contributed by atoms with Gasteiger partial charge in [-0.25, -0.2) is 0 Å². The van der Waals surface area contributed by atoms with Crippen molar-refractivity contribution in [1.29, 1.82) is 0 Å². The van der Waals surface area contributed by atoms with Crippen molar-refractivity contribution in [3.05, 3.63) is 6.20 Å². The summed E-state index contributed by atoms with van der Waals surface area (Å²) >= 11 is 0. The Morgan fingerprint density at radius 3 is 2.71 bits per heavy atom. The molecule has 2 N–H and O–H groups in total. The van der Waals surface area contributed by atoms with E-state index in [4.69, 9.17) is 5.73 Å². The van der Waals surface area contributed by atoms with Crippen molar-refractivity contribution < 1.29 is 17.9 Å². The zero-order valence-electron chi connectivity index (χ0n) is 7.16. The first-order valence-corrected chi connectivity index (χ1v) is 3.77. The molecule has 0 fully saturated rings. The lowest BCUT2D eigenvalue weighted by Gasteiger charge is -2.06. The Balaban J connectivity index is 2.16. The van der Waals surface area contributed by atoms with Crippen molar-refractivity contribution in [2.75, 3.05) is 18.9 Å². The summed E-state index contributed by atoms with van der Waals surface area (Å²) in [6.07, 6.45) is -2.99. The lowest BCUT2D eigenvalue weighted by molar-refractivity contribution is -0.174. The third-order valence-electron chi connectivity index (χ3n) is 1.26. The van der Waals surface area contributed by atoms with Crippen LogP contribution in [0.5, 0.6) is 0 Å². The first-order chi connectivity index (χ1) is 6.47. The molecule has 14 heavy (non-hydrogen) atoms. The molecule has 0 bridgehead atoms. The maximum absolute atomic E-state index is 11.6. The van der Waals surface area contributed by atoms with E-state index in [9.17, 15) is 13.2 Å². The summed E-state index contributed by atoms with van der Waals surface area (Å²) < 4.78 is 39.2. The summed E-state index contributed by atoms with van der Waals surface area (Å²) in [6.45, 7) is -1.22. The minimum absolute atomic E-state index is 0.104. The predicted molar refractivity (Wildman–Crippen MR) is 41.3 cm³/mol. The molecule has 1 aromatic rings. The summed E-state index contributed by atoms with van der Waals surface area (Å²) in [5.41, 5.74) is 5.24. The molecule has 1 heterocycles. The van der Waals surface area contributed by atoms with Gasteiger partial charge in [-0.05, 0) is 0 Å². The number of nitrogens with zero attached hydrogens (tertiary/aromatic N) is 3. The molecule has 0 spiro atoms. The number of hydrogen-bond acceptors (Lipinski definition) is 4. The highest BCUT2D eigenvalue weighted by molar-refractivity contribution is 5.19. The Bertz CT molecular complexity index is 285. The zero-order valence-corrected chi connectivity index (χ0v) is 7.16. The molecular formula is C6H9F3N4O. The molecule has 1 rings (SSSR count). The highest BCUT2D eigenvalue weighted by Crippen LogP contribution is 2.14. The second-order valence-electron chi connectivity index (χ2n) is 2.53. The van der Waals surface area contributed by atoms with Crippen molar-refractivity contribution in [2.45, 2.75) is 12.7 Å². The molecule has 1 aromatic heterocycles. The summed E-state index contributed by atoms with van der Waals surface area (Å²) in [7, 11) is 0. The molecule has 0 unspecified atom stereocenters. The van der Waals surface area contributed by atoms with E-state index in [1.807, 2.05) is 0 Å². The van der Waals surface area contributed by atoms with Gasteiger partial charge < -0.3 is 10.5 Å². The predicted octanol–water partition coefficient (Wildman–Crippen LogP) is 0.439. The first kappa shape index (κ1) is 10.8. The summed E-state index contributed by atoms with van der Waals surface area (Å²) in [6, 6.07) is 0. The second kappa shape index (κ2) is 4.27.